The lowest BCUT2D eigenvalue weighted by Crippen LogP contribution is -2.54. The zero-order valence-electron chi connectivity index (χ0n) is 24.4. The lowest BCUT2D eigenvalue weighted by atomic mass is 9.89. The predicted octanol–water partition coefficient (Wildman–Crippen LogP) is 3.74. The third-order valence-electron chi connectivity index (χ3n) is 8.75. The van der Waals surface area contributed by atoms with Gasteiger partial charge in [0.05, 0.1) is 24.2 Å². The molecule has 1 aliphatic heterocycles. The van der Waals surface area contributed by atoms with Crippen molar-refractivity contribution in [2.24, 2.45) is 18.9 Å². The van der Waals surface area contributed by atoms with Crippen LogP contribution in [0.2, 0.25) is 0 Å². The number of hydrogen-bond acceptors (Lipinski definition) is 9. The first-order valence-corrected chi connectivity index (χ1v) is 14.9. The smallest absolute Gasteiger partial charge is 0.343 e. The number of ether oxygens (including phenoxy) is 1. The summed E-state index contributed by atoms with van der Waals surface area (Å²) >= 11 is 0. The molecule has 11 nitrogen and oxygen atoms in total. The number of amides is 1. The number of rotatable bonds is 8. The fourth-order valence-electron chi connectivity index (χ4n) is 6.57. The summed E-state index contributed by atoms with van der Waals surface area (Å²) in [4.78, 5) is 39.7. The van der Waals surface area contributed by atoms with E-state index in [1.165, 1.54) is 6.42 Å². The standard InChI is InChI=1S/C29H44N8O3/c1-5-40-28(39)25-20(3)31-29(33-23-17-30-35(4)18-23)34-26(25)32-22-8-10-24(11-9-22)36-12-14-37(15-13-36)27(38)21-7-6-19(2)16-21/h17-19,21-22,24H,5-16H2,1-4H3,(H2,31,32,33,34). The average molecular weight is 553 g/mol. The summed E-state index contributed by atoms with van der Waals surface area (Å²) in [7, 11) is 1.85. The van der Waals surface area contributed by atoms with Crippen LogP contribution in [-0.4, -0.2) is 86.3 Å². The molecule has 2 saturated carbocycles. The quantitative estimate of drug-likeness (QED) is 0.472. The van der Waals surface area contributed by atoms with Crippen molar-refractivity contribution in [1.29, 1.82) is 0 Å². The molecule has 2 atom stereocenters. The molecular formula is C29H44N8O3. The fraction of sp³-hybridized carbons (Fsp3) is 0.690. The van der Waals surface area contributed by atoms with E-state index in [4.69, 9.17) is 4.74 Å². The van der Waals surface area contributed by atoms with Crippen LogP contribution in [0.5, 0.6) is 0 Å². The summed E-state index contributed by atoms with van der Waals surface area (Å²) in [6.07, 6.45) is 11.0. The first kappa shape index (κ1) is 28.3. The van der Waals surface area contributed by atoms with E-state index in [0.717, 1.165) is 70.4 Å². The Hall–Kier alpha value is -3.21. The molecule has 40 heavy (non-hydrogen) atoms. The molecule has 3 heterocycles. The number of aryl methyl sites for hydroxylation is 2. The second-order valence-corrected chi connectivity index (χ2v) is 11.7. The summed E-state index contributed by atoms with van der Waals surface area (Å²) in [5.41, 5.74) is 1.73. The van der Waals surface area contributed by atoms with E-state index in [1.54, 1.807) is 17.8 Å². The molecular weight excluding hydrogens is 508 g/mol. The Labute approximate surface area is 237 Å². The van der Waals surface area contributed by atoms with Crippen molar-refractivity contribution < 1.29 is 14.3 Å². The highest BCUT2D eigenvalue weighted by molar-refractivity contribution is 5.96. The van der Waals surface area contributed by atoms with Crippen LogP contribution in [0.25, 0.3) is 0 Å². The van der Waals surface area contributed by atoms with Crippen LogP contribution in [0.3, 0.4) is 0 Å². The van der Waals surface area contributed by atoms with Crippen LogP contribution in [0.1, 0.15) is 74.8 Å². The molecule has 2 unspecified atom stereocenters. The van der Waals surface area contributed by atoms with Gasteiger partial charge < -0.3 is 20.3 Å². The van der Waals surface area contributed by atoms with Gasteiger partial charge in [0.15, 0.2) is 0 Å². The predicted molar refractivity (Wildman–Crippen MR) is 154 cm³/mol. The summed E-state index contributed by atoms with van der Waals surface area (Å²) in [5.74, 6) is 1.81. The monoisotopic (exact) mass is 552 g/mol. The highest BCUT2D eigenvalue weighted by Gasteiger charge is 2.34. The Bertz CT molecular complexity index is 1180. The first-order valence-electron chi connectivity index (χ1n) is 14.9. The summed E-state index contributed by atoms with van der Waals surface area (Å²) in [5, 5.41) is 10.9. The average Bonchev–Trinajstić information content (AvgIpc) is 3.56. The van der Waals surface area contributed by atoms with Crippen LogP contribution in [0.4, 0.5) is 17.5 Å². The van der Waals surface area contributed by atoms with E-state index in [-0.39, 0.29) is 18.6 Å². The third-order valence-corrected chi connectivity index (χ3v) is 8.75. The van der Waals surface area contributed by atoms with Gasteiger partial charge in [-0.2, -0.15) is 10.1 Å². The molecule has 11 heteroatoms. The van der Waals surface area contributed by atoms with Gasteiger partial charge in [0.1, 0.15) is 11.4 Å². The number of piperazine rings is 1. The normalized spacial score (nSPS) is 25.6. The molecule has 218 valence electrons. The summed E-state index contributed by atoms with van der Waals surface area (Å²) < 4.78 is 7.03. The van der Waals surface area contributed by atoms with Gasteiger partial charge in [0.25, 0.3) is 0 Å². The maximum atomic E-state index is 13.0. The number of nitrogens with one attached hydrogen (secondary N) is 2. The Balaban J connectivity index is 1.18. The van der Waals surface area contributed by atoms with Crippen molar-refractivity contribution in [3.8, 4) is 0 Å². The molecule has 0 bridgehead atoms. The van der Waals surface area contributed by atoms with E-state index >= 15 is 0 Å². The number of aromatic nitrogens is 4. The molecule has 3 fully saturated rings. The Morgan fingerprint density at radius 2 is 1.80 bits per heavy atom. The number of carbonyl (C=O) groups is 2. The van der Waals surface area contributed by atoms with Gasteiger partial charge in [-0.3, -0.25) is 14.4 Å². The van der Waals surface area contributed by atoms with Crippen LogP contribution < -0.4 is 10.6 Å². The van der Waals surface area contributed by atoms with E-state index in [0.29, 0.717) is 40.9 Å². The molecule has 2 aromatic heterocycles. The van der Waals surface area contributed by atoms with Crippen LogP contribution in [-0.2, 0) is 16.6 Å². The fourth-order valence-corrected chi connectivity index (χ4v) is 6.57. The first-order chi connectivity index (χ1) is 19.3. The minimum Gasteiger partial charge on any atom is -0.462 e. The van der Waals surface area contributed by atoms with E-state index in [2.05, 4.69) is 42.4 Å². The van der Waals surface area contributed by atoms with Gasteiger partial charge in [-0.1, -0.05) is 6.92 Å². The van der Waals surface area contributed by atoms with Crippen LogP contribution in [0, 0.1) is 18.8 Å². The molecule has 2 N–H and O–H groups in total. The molecule has 0 radical (unpaired) electrons. The molecule has 0 spiro atoms. The van der Waals surface area contributed by atoms with Crippen molar-refractivity contribution in [2.45, 2.75) is 77.8 Å². The maximum Gasteiger partial charge on any atom is 0.343 e. The van der Waals surface area contributed by atoms with Crippen LogP contribution >= 0.6 is 0 Å². The number of esters is 1. The molecule has 0 aromatic carbocycles. The molecule has 1 amide bonds. The lowest BCUT2D eigenvalue weighted by Gasteiger charge is -2.42. The van der Waals surface area contributed by atoms with Crippen molar-refractivity contribution in [3.05, 3.63) is 23.7 Å². The number of nitrogens with zero attached hydrogens (tertiary/aromatic N) is 6. The van der Waals surface area contributed by atoms with Gasteiger partial charge in [0, 0.05) is 57.4 Å². The zero-order chi connectivity index (χ0) is 28.2. The summed E-state index contributed by atoms with van der Waals surface area (Å²) in [6.45, 7) is 9.76. The van der Waals surface area contributed by atoms with Gasteiger partial charge in [0.2, 0.25) is 11.9 Å². The lowest BCUT2D eigenvalue weighted by molar-refractivity contribution is -0.137. The second-order valence-electron chi connectivity index (χ2n) is 11.7. The summed E-state index contributed by atoms with van der Waals surface area (Å²) in [6, 6.07) is 0.735. The van der Waals surface area contributed by atoms with E-state index in [1.807, 2.05) is 20.2 Å². The van der Waals surface area contributed by atoms with E-state index < -0.39 is 5.97 Å². The Morgan fingerprint density at radius 3 is 2.42 bits per heavy atom. The van der Waals surface area contributed by atoms with Crippen molar-refractivity contribution in [3.63, 3.8) is 0 Å². The SMILES string of the molecule is CCOC(=O)c1c(C)nc(Nc2cnn(C)c2)nc1NC1CCC(N2CCN(C(=O)C3CCC(C)C3)CC2)CC1. The minimum atomic E-state index is -0.413. The molecule has 5 rings (SSSR count). The zero-order valence-corrected chi connectivity index (χ0v) is 24.4. The minimum absolute atomic E-state index is 0.206. The number of anilines is 3. The largest absolute Gasteiger partial charge is 0.462 e. The molecule has 2 aromatic rings. The van der Waals surface area contributed by atoms with Crippen molar-refractivity contribution in [2.75, 3.05) is 43.4 Å². The van der Waals surface area contributed by atoms with E-state index in [9.17, 15) is 9.59 Å². The highest BCUT2D eigenvalue weighted by atomic mass is 16.5. The Morgan fingerprint density at radius 1 is 1.05 bits per heavy atom. The third kappa shape index (κ3) is 6.56. The van der Waals surface area contributed by atoms with Crippen molar-refractivity contribution >= 4 is 29.3 Å². The van der Waals surface area contributed by atoms with Gasteiger partial charge in [-0.05, 0) is 64.7 Å². The van der Waals surface area contributed by atoms with Gasteiger partial charge in [-0.25, -0.2) is 9.78 Å². The highest BCUT2D eigenvalue weighted by Crippen LogP contribution is 2.33. The second kappa shape index (κ2) is 12.5. The molecule has 1 saturated heterocycles. The number of hydrogen-bond donors (Lipinski definition) is 2. The topological polar surface area (TPSA) is 118 Å². The molecule has 3 aliphatic rings. The number of carbonyl (C=O) groups excluding carboxylic acids is 2. The van der Waals surface area contributed by atoms with Gasteiger partial charge >= 0.3 is 5.97 Å². The van der Waals surface area contributed by atoms with Crippen molar-refractivity contribution in [1.82, 2.24) is 29.5 Å². The molecule has 2 aliphatic carbocycles. The van der Waals surface area contributed by atoms with Gasteiger partial charge in [-0.15, -0.1) is 0 Å². The maximum absolute atomic E-state index is 13.0. The van der Waals surface area contributed by atoms with Crippen LogP contribution in [0.15, 0.2) is 12.4 Å². The Kier molecular flexibility index (Phi) is 8.87.